The van der Waals surface area contributed by atoms with Gasteiger partial charge in [-0.25, -0.2) is 15.0 Å². The molecule has 0 radical (unpaired) electrons. The summed E-state index contributed by atoms with van der Waals surface area (Å²) in [6, 6.07) is 11.9. The molecule has 0 fully saturated rings. The Morgan fingerprint density at radius 2 is 1.73 bits per heavy atom. The summed E-state index contributed by atoms with van der Waals surface area (Å²) < 4.78 is 44.8. The number of ether oxygens (including phenoxy) is 1. The van der Waals surface area contributed by atoms with E-state index >= 15 is 0 Å². The Labute approximate surface area is 150 Å². The smallest absolute Gasteiger partial charge is 0.416 e. The van der Waals surface area contributed by atoms with Gasteiger partial charge in [0.15, 0.2) is 5.75 Å². The molecule has 4 rings (SSSR count). The molecule has 0 amide bonds. The van der Waals surface area contributed by atoms with Gasteiger partial charge in [0.25, 0.3) is 0 Å². The first-order valence-corrected chi connectivity index (χ1v) is 8.38. The van der Waals surface area contributed by atoms with Crippen LogP contribution in [-0.2, 0) is 6.18 Å². The summed E-state index contributed by atoms with van der Waals surface area (Å²) in [6.07, 6.45) is -3.06. The molecule has 0 saturated carbocycles. The van der Waals surface area contributed by atoms with Crippen LogP contribution in [0.5, 0.6) is 11.6 Å². The molecule has 2 aromatic heterocycles. The average Bonchev–Trinajstić information content (AvgIpc) is 3.11. The van der Waals surface area contributed by atoms with Crippen molar-refractivity contribution in [1.82, 2.24) is 15.0 Å². The molecule has 8 heteroatoms. The van der Waals surface area contributed by atoms with Gasteiger partial charge in [-0.05, 0) is 24.3 Å². The minimum Gasteiger partial charge on any atom is -0.437 e. The first kappa shape index (κ1) is 16.5. The summed E-state index contributed by atoms with van der Waals surface area (Å²) in [6.45, 7) is 0. The first-order chi connectivity index (χ1) is 12.5. The number of thiazole rings is 1. The van der Waals surface area contributed by atoms with Gasteiger partial charge in [-0.1, -0.05) is 18.2 Å². The Kier molecular flexibility index (Phi) is 4.04. The van der Waals surface area contributed by atoms with Crippen molar-refractivity contribution in [3.05, 3.63) is 65.9 Å². The molecule has 130 valence electrons. The van der Waals surface area contributed by atoms with Gasteiger partial charge >= 0.3 is 6.18 Å². The lowest BCUT2D eigenvalue weighted by atomic mass is 10.1. The van der Waals surface area contributed by atoms with Crippen LogP contribution in [0.4, 0.5) is 13.2 Å². The molecular weight excluding hydrogens is 363 g/mol. The first-order valence-electron chi connectivity index (χ1n) is 7.50. The number of fused-ring (bicyclic) bond motifs is 1. The van der Waals surface area contributed by atoms with Crippen molar-refractivity contribution in [2.45, 2.75) is 6.18 Å². The van der Waals surface area contributed by atoms with E-state index < -0.39 is 11.7 Å². The van der Waals surface area contributed by atoms with Crippen LogP contribution in [-0.4, -0.2) is 15.0 Å². The lowest BCUT2D eigenvalue weighted by Gasteiger charge is -2.09. The van der Waals surface area contributed by atoms with Crippen molar-refractivity contribution in [3.63, 3.8) is 0 Å². The largest absolute Gasteiger partial charge is 0.437 e. The second-order valence-electron chi connectivity index (χ2n) is 5.37. The van der Waals surface area contributed by atoms with Crippen molar-refractivity contribution in [3.8, 4) is 22.9 Å². The highest BCUT2D eigenvalue weighted by Crippen LogP contribution is 2.33. The Balaban J connectivity index is 1.64. The minimum atomic E-state index is -4.37. The predicted molar refractivity (Wildman–Crippen MR) is 92.2 cm³/mol. The highest BCUT2D eigenvalue weighted by atomic mass is 32.1. The number of hydrogen-bond acceptors (Lipinski definition) is 5. The molecule has 0 N–H and O–H groups in total. The van der Waals surface area contributed by atoms with E-state index in [0.717, 1.165) is 22.3 Å². The predicted octanol–water partition coefficient (Wildman–Crippen LogP) is 5.56. The number of para-hydroxylation sites is 1. The van der Waals surface area contributed by atoms with Crippen LogP contribution in [0.3, 0.4) is 0 Å². The zero-order chi connectivity index (χ0) is 18.1. The van der Waals surface area contributed by atoms with Gasteiger partial charge in [-0.3, -0.25) is 0 Å². The zero-order valence-electron chi connectivity index (χ0n) is 13.1. The molecule has 0 saturated heterocycles. The Morgan fingerprint density at radius 1 is 0.923 bits per heavy atom. The number of nitrogens with zero attached hydrogens (tertiary/aromatic N) is 3. The van der Waals surface area contributed by atoms with Crippen molar-refractivity contribution in [2.24, 2.45) is 0 Å². The maximum Gasteiger partial charge on any atom is 0.416 e. The second kappa shape index (κ2) is 6.38. The maximum atomic E-state index is 12.7. The normalized spacial score (nSPS) is 11.7. The molecule has 4 nitrogen and oxygen atoms in total. The summed E-state index contributed by atoms with van der Waals surface area (Å²) in [4.78, 5) is 12.5. The molecule has 2 heterocycles. The molecule has 0 aliphatic carbocycles. The molecule has 26 heavy (non-hydrogen) atoms. The van der Waals surface area contributed by atoms with E-state index in [1.807, 2.05) is 12.1 Å². The summed E-state index contributed by atoms with van der Waals surface area (Å²) in [7, 11) is 0. The Bertz CT molecular complexity index is 1060. The molecular formula is C18H10F3N3OS. The number of alkyl halides is 3. The highest BCUT2D eigenvalue weighted by molar-refractivity contribution is 7.16. The standard InChI is InChI=1S/C18H10F3N3OS/c19-18(20,21)12-6-4-11(5-7-12)13-8-16(23-9-22-13)25-14-2-1-3-15-17(14)24-10-26-15/h1-10H. The molecule has 4 aromatic rings. The summed E-state index contributed by atoms with van der Waals surface area (Å²) >= 11 is 1.50. The third-order valence-electron chi connectivity index (χ3n) is 3.69. The average molecular weight is 373 g/mol. The number of aromatic nitrogens is 3. The van der Waals surface area contributed by atoms with Gasteiger partial charge in [-0.15, -0.1) is 11.3 Å². The fraction of sp³-hybridized carbons (Fsp3) is 0.0556. The fourth-order valence-corrected chi connectivity index (χ4v) is 3.13. The van der Waals surface area contributed by atoms with Crippen molar-refractivity contribution >= 4 is 21.6 Å². The second-order valence-corrected chi connectivity index (χ2v) is 6.26. The topological polar surface area (TPSA) is 47.9 Å². The maximum absolute atomic E-state index is 12.7. The monoisotopic (exact) mass is 373 g/mol. The molecule has 0 aliphatic rings. The number of benzene rings is 2. The SMILES string of the molecule is FC(F)(F)c1ccc(-c2cc(Oc3cccc4scnc34)ncn2)cc1. The molecule has 0 atom stereocenters. The van der Waals surface area contributed by atoms with Crippen LogP contribution in [0, 0.1) is 0 Å². The third kappa shape index (κ3) is 3.23. The fourth-order valence-electron chi connectivity index (χ4n) is 2.44. The van der Waals surface area contributed by atoms with Crippen LogP contribution in [0.15, 0.2) is 60.4 Å². The van der Waals surface area contributed by atoms with E-state index in [-0.39, 0.29) is 5.88 Å². The Morgan fingerprint density at radius 3 is 2.50 bits per heavy atom. The van der Waals surface area contributed by atoms with E-state index in [2.05, 4.69) is 15.0 Å². The molecule has 2 aromatic carbocycles. The van der Waals surface area contributed by atoms with E-state index in [0.29, 0.717) is 17.0 Å². The van der Waals surface area contributed by atoms with Gasteiger partial charge in [0.2, 0.25) is 5.88 Å². The van der Waals surface area contributed by atoms with E-state index in [9.17, 15) is 13.2 Å². The van der Waals surface area contributed by atoms with Crippen LogP contribution in [0.25, 0.3) is 21.5 Å². The summed E-state index contributed by atoms with van der Waals surface area (Å²) in [5.41, 5.74) is 2.76. The van der Waals surface area contributed by atoms with Crippen LogP contribution in [0.2, 0.25) is 0 Å². The third-order valence-corrected chi connectivity index (χ3v) is 4.48. The van der Waals surface area contributed by atoms with Gasteiger partial charge in [0, 0.05) is 11.6 Å². The lowest BCUT2D eigenvalue weighted by Crippen LogP contribution is -2.04. The summed E-state index contributed by atoms with van der Waals surface area (Å²) in [5.74, 6) is 0.844. The van der Waals surface area contributed by atoms with Gasteiger partial charge in [0.05, 0.1) is 21.5 Å². The Hall–Kier alpha value is -3.00. The van der Waals surface area contributed by atoms with Crippen molar-refractivity contribution < 1.29 is 17.9 Å². The van der Waals surface area contributed by atoms with Gasteiger partial charge in [0.1, 0.15) is 11.8 Å². The number of halogens is 3. The molecule has 0 spiro atoms. The van der Waals surface area contributed by atoms with E-state index in [1.165, 1.54) is 29.8 Å². The number of rotatable bonds is 3. The van der Waals surface area contributed by atoms with Crippen LogP contribution < -0.4 is 4.74 Å². The van der Waals surface area contributed by atoms with Crippen molar-refractivity contribution in [1.29, 1.82) is 0 Å². The summed E-state index contributed by atoms with van der Waals surface area (Å²) in [5, 5.41) is 0. The molecule has 0 unspecified atom stereocenters. The van der Waals surface area contributed by atoms with E-state index in [1.54, 1.807) is 17.6 Å². The van der Waals surface area contributed by atoms with Crippen molar-refractivity contribution in [2.75, 3.05) is 0 Å². The number of hydrogen-bond donors (Lipinski definition) is 0. The lowest BCUT2D eigenvalue weighted by molar-refractivity contribution is -0.137. The zero-order valence-corrected chi connectivity index (χ0v) is 13.9. The van der Waals surface area contributed by atoms with E-state index in [4.69, 9.17) is 4.74 Å². The highest BCUT2D eigenvalue weighted by Gasteiger charge is 2.30. The van der Waals surface area contributed by atoms with Crippen LogP contribution >= 0.6 is 11.3 Å². The molecule has 0 aliphatic heterocycles. The van der Waals surface area contributed by atoms with Gasteiger partial charge in [-0.2, -0.15) is 13.2 Å². The minimum absolute atomic E-state index is 0.287. The molecule has 0 bridgehead atoms. The van der Waals surface area contributed by atoms with Crippen LogP contribution in [0.1, 0.15) is 5.56 Å². The van der Waals surface area contributed by atoms with Gasteiger partial charge < -0.3 is 4.74 Å². The quantitative estimate of drug-likeness (QED) is 0.471.